The van der Waals surface area contributed by atoms with Crippen molar-refractivity contribution in [1.82, 2.24) is 5.32 Å². The summed E-state index contributed by atoms with van der Waals surface area (Å²) in [5.74, 6) is -0.161. The second-order valence-corrected chi connectivity index (χ2v) is 3.83. The number of rotatable bonds is 4. The van der Waals surface area contributed by atoms with E-state index < -0.39 is 5.41 Å². The molecular formula is C9H19NO2. The standard InChI is InChI=1S/C9H19NO2/c1-5-6-10-7-12-8(11)9(2,3)4/h10H,5-7H2,1-4H3. The molecule has 12 heavy (non-hydrogen) atoms. The van der Waals surface area contributed by atoms with Crippen molar-refractivity contribution in [2.24, 2.45) is 5.41 Å². The number of esters is 1. The molecule has 3 heteroatoms. The predicted molar refractivity (Wildman–Crippen MR) is 48.7 cm³/mol. The molecule has 0 aromatic carbocycles. The highest BCUT2D eigenvalue weighted by atomic mass is 16.5. The molecule has 0 aromatic rings. The van der Waals surface area contributed by atoms with Crippen LogP contribution in [0.25, 0.3) is 0 Å². The first-order valence-electron chi connectivity index (χ1n) is 4.36. The van der Waals surface area contributed by atoms with E-state index in [1.807, 2.05) is 20.8 Å². The maximum atomic E-state index is 11.2. The van der Waals surface area contributed by atoms with Gasteiger partial charge in [-0.25, -0.2) is 0 Å². The van der Waals surface area contributed by atoms with E-state index in [-0.39, 0.29) is 5.97 Å². The quantitative estimate of drug-likeness (QED) is 0.398. The summed E-state index contributed by atoms with van der Waals surface area (Å²) in [5.41, 5.74) is -0.395. The van der Waals surface area contributed by atoms with E-state index in [2.05, 4.69) is 12.2 Å². The third kappa shape index (κ3) is 5.13. The summed E-state index contributed by atoms with van der Waals surface area (Å²) in [4.78, 5) is 11.2. The molecule has 0 amide bonds. The molecule has 0 saturated carbocycles. The highest BCUT2D eigenvalue weighted by Crippen LogP contribution is 2.14. The van der Waals surface area contributed by atoms with Gasteiger partial charge in [0.1, 0.15) is 6.73 Å². The van der Waals surface area contributed by atoms with Crippen molar-refractivity contribution in [3.63, 3.8) is 0 Å². The number of ether oxygens (including phenoxy) is 1. The van der Waals surface area contributed by atoms with E-state index in [1.165, 1.54) is 0 Å². The van der Waals surface area contributed by atoms with E-state index in [9.17, 15) is 4.79 Å². The van der Waals surface area contributed by atoms with E-state index in [4.69, 9.17) is 4.74 Å². The van der Waals surface area contributed by atoms with E-state index in [0.29, 0.717) is 6.73 Å². The maximum Gasteiger partial charge on any atom is 0.312 e. The third-order valence-electron chi connectivity index (χ3n) is 1.34. The smallest absolute Gasteiger partial charge is 0.312 e. The normalized spacial score (nSPS) is 11.3. The summed E-state index contributed by atoms with van der Waals surface area (Å²) in [7, 11) is 0. The van der Waals surface area contributed by atoms with Gasteiger partial charge in [0.25, 0.3) is 0 Å². The van der Waals surface area contributed by atoms with Crippen molar-refractivity contribution in [3.8, 4) is 0 Å². The van der Waals surface area contributed by atoms with Gasteiger partial charge in [0.05, 0.1) is 5.41 Å². The summed E-state index contributed by atoms with van der Waals surface area (Å²) in [6.07, 6.45) is 1.05. The number of carbonyl (C=O) groups excluding carboxylic acids is 1. The monoisotopic (exact) mass is 173 g/mol. The SMILES string of the molecule is CCCNCOC(=O)C(C)(C)C. The van der Waals surface area contributed by atoms with E-state index >= 15 is 0 Å². The lowest BCUT2D eigenvalue weighted by atomic mass is 9.98. The molecule has 0 aromatic heterocycles. The minimum Gasteiger partial charge on any atom is -0.449 e. The van der Waals surface area contributed by atoms with Crippen LogP contribution in [0, 0.1) is 5.41 Å². The molecule has 1 N–H and O–H groups in total. The Kier molecular flexibility index (Phi) is 4.90. The number of nitrogens with one attached hydrogen (secondary N) is 1. The Balaban J connectivity index is 3.45. The first-order chi connectivity index (χ1) is 5.48. The highest BCUT2D eigenvalue weighted by molar-refractivity contribution is 5.75. The lowest BCUT2D eigenvalue weighted by Gasteiger charge is -2.16. The van der Waals surface area contributed by atoms with Gasteiger partial charge in [0.2, 0.25) is 0 Å². The Morgan fingerprint density at radius 3 is 2.42 bits per heavy atom. The van der Waals surface area contributed by atoms with Gasteiger partial charge in [0, 0.05) is 0 Å². The van der Waals surface area contributed by atoms with Gasteiger partial charge in [-0.1, -0.05) is 6.92 Å². The Labute approximate surface area is 74.5 Å². The molecule has 3 nitrogen and oxygen atoms in total. The molecule has 0 aliphatic heterocycles. The van der Waals surface area contributed by atoms with Gasteiger partial charge in [-0.2, -0.15) is 0 Å². The van der Waals surface area contributed by atoms with Crippen LogP contribution in [0.1, 0.15) is 34.1 Å². The van der Waals surface area contributed by atoms with Gasteiger partial charge < -0.3 is 4.74 Å². The fourth-order valence-electron chi connectivity index (χ4n) is 0.582. The van der Waals surface area contributed by atoms with Crippen molar-refractivity contribution < 1.29 is 9.53 Å². The Morgan fingerprint density at radius 2 is 2.00 bits per heavy atom. The first kappa shape index (κ1) is 11.4. The molecular weight excluding hydrogens is 154 g/mol. The van der Waals surface area contributed by atoms with Crippen LogP contribution in [0.15, 0.2) is 0 Å². The maximum absolute atomic E-state index is 11.2. The molecule has 0 atom stereocenters. The van der Waals surface area contributed by atoms with Crippen LogP contribution in [0.5, 0.6) is 0 Å². The minimum atomic E-state index is -0.395. The number of hydrogen-bond acceptors (Lipinski definition) is 3. The van der Waals surface area contributed by atoms with Crippen molar-refractivity contribution >= 4 is 5.97 Å². The largest absolute Gasteiger partial charge is 0.449 e. The summed E-state index contributed by atoms with van der Waals surface area (Å²) >= 11 is 0. The number of carbonyl (C=O) groups is 1. The van der Waals surface area contributed by atoms with Crippen LogP contribution in [0.2, 0.25) is 0 Å². The topological polar surface area (TPSA) is 38.3 Å². The van der Waals surface area contributed by atoms with Crippen molar-refractivity contribution in [2.75, 3.05) is 13.3 Å². The minimum absolute atomic E-state index is 0.161. The summed E-state index contributed by atoms with van der Waals surface area (Å²) in [6, 6.07) is 0. The van der Waals surface area contributed by atoms with Crippen molar-refractivity contribution in [2.45, 2.75) is 34.1 Å². The second-order valence-electron chi connectivity index (χ2n) is 3.83. The summed E-state index contributed by atoms with van der Waals surface area (Å²) in [5, 5.41) is 3.00. The van der Waals surface area contributed by atoms with Gasteiger partial charge in [-0.15, -0.1) is 0 Å². The van der Waals surface area contributed by atoms with E-state index in [1.54, 1.807) is 0 Å². The van der Waals surface area contributed by atoms with Gasteiger partial charge in [-0.05, 0) is 33.7 Å². The fraction of sp³-hybridized carbons (Fsp3) is 0.889. The fourth-order valence-corrected chi connectivity index (χ4v) is 0.582. The molecule has 0 aliphatic carbocycles. The van der Waals surface area contributed by atoms with Crippen LogP contribution < -0.4 is 5.32 Å². The highest BCUT2D eigenvalue weighted by Gasteiger charge is 2.22. The zero-order chi connectivity index (χ0) is 9.61. The molecule has 0 radical (unpaired) electrons. The molecule has 0 fully saturated rings. The van der Waals surface area contributed by atoms with Gasteiger partial charge in [-0.3, -0.25) is 10.1 Å². The third-order valence-corrected chi connectivity index (χ3v) is 1.34. The summed E-state index contributed by atoms with van der Waals surface area (Å²) in [6.45, 7) is 8.80. The molecule has 0 unspecified atom stereocenters. The average molecular weight is 173 g/mol. The molecule has 0 aliphatic rings. The van der Waals surface area contributed by atoms with Crippen LogP contribution in [0.3, 0.4) is 0 Å². The lowest BCUT2D eigenvalue weighted by molar-refractivity contribution is -0.153. The van der Waals surface area contributed by atoms with Crippen LogP contribution in [-0.4, -0.2) is 19.2 Å². The molecule has 0 heterocycles. The lowest BCUT2D eigenvalue weighted by Crippen LogP contribution is -2.28. The predicted octanol–water partition coefficient (Wildman–Crippen LogP) is 1.53. The number of hydrogen-bond donors (Lipinski definition) is 1. The Morgan fingerprint density at radius 1 is 1.42 bits per heavy atom. The van der Waals surface area contributed by atoms with Gasteiger partial charge >= 0.3 is 5.97 Å². The van der Waals surface area contributed by atoms with Gasteiger partial charge in [0.15, 0.2) is 0 Å². The zero-order valence-corrected chi connectivity index (χ0v) is 8.44. The zero-order valence-electron chi connectivity index (χ0n) is 8.44. The van der Waals surface area contributed by atoms with Crippen molar-refractivity contribution in [3.05, 3.63) is 0 Å². The van der Waals surface area contributed by atoms with Crippen LogP contribution >= 0.6 is 0 Å². The average Bonchev–Trinajstić information content (AvgIpc) is 1.96. The van der Waals surface area contributed by atoms with E-state index in [0.717, 1.165) is 13.0 Å². The Hall–Kier alpha value is -0.570. The first-order valence-corrected chi connectivity index (χ1v) is 4.36. The van der Waals surface area contributed by atoms with Crippen LogP contribution in [0.4, 0.5) is 0 Å². The second kappa shape index (κ2) is 5.14. The van der Waals surface area contributed by atoms with Crippen LogP contribution in [-0.2, 0) is 9.53 Å². The Bertz CT molecular complexity index is 138. The summed E-state index contributed by atoms with van der Waals surface area (Å²) < 4.78 is 4.96. The molecule has 0 bridgehead atoms. The molecule has 0 spiro atoms. The molecule has 72 valence electrons. The molecule has 0 saturated heterocycles. The molecule has 0 rings (SSSR count). The van der Waals surface area contributed by atoms with Crippen molar-refractivity contribution in [1.29, 1.82) is 0 Å².